The van der Waals surface area contributed by atoms with Crippen LogP contribution in [0.4, 0.5) is 11.4 Å². The number of allylic oxidation sites excluding steroid dienone is 1. The number of halogens is 1. The highest BCUT2D eigenvalue weighted by molar-refractivity contribution is 6.02. The van der Waals surface area contributed by atoms with Crippen LogP contribution in [0.15, 0.2) is 95.5 Å². The minimum absolute atomic E-state index is 0. The van der Waals surface area contributed by atoms with Crippen molar-refractivity contribution in [3.05, 3.63) is 113 Å². The predicted octanol–water partition coefficient (Wildman–Crippen LogP) is 2.48. The molecule has 1 unspecified atom stereocenters. The summed E-state index contributed by atoms with van der Waals surface area (Å²) in [5, 5.41) is 7.36. The third-order valence-corrected chi connectivity index (χ3v) is 6.25. The van der Waals surface area contributed by atoms with Crippen molar-refractivity contribution >= 4 is 23.3 Å². The number of fused-ring (bicyclic) bond motifs is 3. The molecule has 4 nitrogen and oxygen atoms in total. The monoisotopic (exact) mass is 438 g/mol. The second-order valence-corrected chi connectivity index (χ2v) is 8.13. The molecule has 6 rings (SSSR count). The smallest absolute Gasteiger partial charge is 0.235 e. The van der Waals surface area contributed by atoms with E-state index < -0.39 is 0 Å². The number of H-pyrrole nitrogens is 1. The van der Waals surface area contributed by atoms with Gasteiger partial charge in [0, 0.05) is 36.3 Å². The summed E-state index contributed by atoms with van der Waals surface area (Å²) < 4.78 is 2.24. The number of para-hydroxylation sites is 3. The quantitative estimate of drug-likeness (QED) is 0.464. The molecule has 1 aliphatic heterocycles. The van der Waals surface area contributed by atoms with Crippen molar-refractivity contribution < 1.29 is 17.1 Å². The van der Waals surface area contributed by atoms with Crippen LogP contribution in [0.25, 0.3) is 11.4 Å². The fourth-order valence-electron chi connectivity index (χ4n) is 4.80. The highest BCUT2D eigenvalue weighted by Gasteiger charge is 2.38. The lowest BCUT2D eigenvalue weighted by Crippen LogP contribution is -3.00. The van der Waals surface area contributed by atoms with Gasteiger partial charge in [0.25, 0.3) is 0 Å². The van der Waals surface area contributed by atoms with Crippen LogP contribution in [0, 0.1) is 6.92 Å². The van der Waals surface area contributed by atoms with Gasteiger partial charge in [-0.05, 0) is 24.6 Å². The second-order valence-electron chi connectivity index (χ2n) is 8.13. The fraction of sp³-hybridized carbons (Fsp3) is 0.111. The van der Waals surface area contributed by atoms with Gasteiger partial charge in [0.1, 0.15) is 0 Å². The lowest BCUT2D eigenvalue weighted by atomic mass is 9.80. The van der Waals surface area contributed by atoms with Crippen molar-refractivity contribution in [2.24, 2.45) is 4.99 Å². The summed E-state index contributed by atoms with van der Waals surface area (Å²) in [6.07, 6.45) is 2.97. The molecule has 0 radical (unpaired) electrons. The van der Waals surface area contributed by atoms with E-state index in [0.29, 0.717) is 0 Å². The molecule has 2 N–H and O–H groups in total. The van der Waals surface area contributed by atoms with Gasteiger partial charge in [-0.2, -0.15) is 5.10 Å². The second kappa shape index (κ2) is 8.13. The number of nitrogens with one attached hydrogen (secondary N) is 2. The van der Waals surface area contributed by atoms with Gasteiger partial charge in [-0.25, -0.2) is 0 Å². The predicted molar refractivity (Wildman–Crippen MR) is 125 cm³/mol. The van der Waals surface area contributed by atoms with Crippen LogP contribution in [0.3, 0.4) is 0 Å². The summed E-state index contributed by atoms with van der Waals surface area (Å²) in [4.78, 5) is 4.85. The Morgan fingerprint density at radius 1 is 0.875 bits per heavy atom. The van der Waals surface area contributed by atoms with Gasteiger partial charge >= 0.3 is 0 Å². The van der Waals surface area contributed by atoms with Gasteiger partial charge in [-0.1, -0.05) is 65.3 Å². The standard InChI is InChI=1S/C27H22N4.ClH/c1-18-26-25(31(30-18)20-12-6-3-7-13-20)16-21(19-10-4-2-5-11-19)22-17-28-23-14-8-9-15-24(23)29-27(22)26;/h2-15,17,21H,16H2,1H3,(H,28,29);1H. The topological polar surface area (TPSA) is 44.1 Å². The third kappa shape index (κ3) is 3.24. The first-order valence-electron chi connectivity index (χ1n) is 10.7. The molecule has 32 heavy (non-hydrogen) atoms. The molecule has 4 aromatic rings. The van der Waals surface area contributed by atoms with E-state index in [9.17, 15) is 0 Å². The lowest BCUT2D eigenvalue weighted by molar-refractivity contribution is -0.663. The van der Waals surface area contributed by atoms with E-state index in [2.05, 4.69) is 107 Å². The maximum absolute atomic E-state index is 4.85. The number of aromatic amines is 1. The van der Waals surface area contributed by atoms with Crippen molar-refractivity contribution in [2.75, 3.05) is 5.32 Å². The Morgan fingerprint density at radius 3 is 2.34 bits per heavy atom. The number of benzene rings is 3. The molecule has 2 aliphatic rings. The number of hydrogen-bond acceptors (Lipinski definition) is 2. The van der Waals surface area contributed by atoms with Crippen LogP contribution < -0.4 is 22.4 Å². The van der Waals surface area contributed by atoms with Crippen LogP contribution in [-0.4, -0.2) is 11.3 Å². The number of aliphatic imine (C=N–C) groups is 1. The van der Waals surface area contributed by atoms with Gasteiger partial charge in [0.05, 0.1) is 28.3 Å². The maximum Gasteiger partial charge on any atom is 0.235 e. The summed E-state index contributed by atoms with van der Waals surface area (Å²) in [5.74, 6) is 0.222. The van der Waals surface area contributed by atoms with Crippen molar-refractivity contribution in [2.45, 2.75) is 19.3 Å². The lowest BCUT2D eigenvalue weighted by Gasteiger charge is -2.25. The van der Waals surface area contributed by atoms with Crippen molar-refractivity contribution in [3.63, 3.8) is 0 Å². The number of aromatic nitrogens is 2. The molecular weight excluding hydrogens is 416 g/mol. The van der Waals surface area contributed by atoms with E-state index in [-0.39, 0.29) is 18.3 Å². The molecular formula is C27H23ClN4. The first-order chi connectivity index (χ1) is 15.3. The number of hydrogen-bond donors (Lipinski definition) is 2. The highest BCUT2D eigenvalue weighted by Crippen LogP contribution is 2.43. The van der Waals surface area contributed by atoms with Crippen LogP contribution in [0.5, 0.6) is 0 Å². The molecule has 1 atom stereocenters. The van der Waals surface area contributed by atoms with E-state index in [1.54, 1.807) is 0 Å². The Morgan fingerprint density at radius 2 is 1.56 bits per heavy atom. The zero-order valence-electron chi connectivity index (χ0n) is 17.7. The Balaban J connectivity index is 0.00000216. The molecule has 0 amide bonds. The molecule has 1 aliphatic carbocycles. The van der Waals surface area contributed by atoms with E-state index in [4.69, 9.17) is 4.99 Å². The zero-order valence-corrected chi connectivity index (χ0v) is 18.5. The van der Waals surface area contributed by atoms with Gasteiger partial charge in [-0.15, -0.1) is 0 Å². The highest BCUT2D eigenvalue weighted by atomic mass is 35.5. The summed E-state index contributed by atoms with van der Waals surface area (Å²) in [7, 11) is 0. The Labute approximate surface area is 193 Å². The molecule has 0 bridgehead atoms. The van der Waals surface area contributed by atoms with Crippen LogP contribution >= 0.6 is 0 Å². The number of rotatable bonds is 2. The number of nitrogens with zero attached hydrogens (tertiary/aromatic N) is 2. The molecule has 2 heterocycles. The van der Waals surface area contributed by atoms with Crippen molar-refractivity contribution in [1.29, 1.82) is 0 Å². The Hall–Kier alpha value is -3.63. The van der Waals surface area contributed by atoms with Crippen molar-refractivity contribution in [1.82, 2.24) is 5.10 Å². The average Bonchev–Trinajstić information content (AvgIpc) is 3.03. The van der Waals surface area contributed by atoms with Gasteiger partial charge < -0.3 is 17.7 Å². The largest absolute Gasteiger partial charge is 1.00 e. The first kappa shape index (κ1) is 20.3. The fourth-order valence-corrected chi connectivity index (χ4v) is 4.80. The van der Waals surface area contributed by atoms with E-state index >= 15 is 0 Å². The average molecular weight is 439 g/mol. The molecule has 0 saturated heterocycles. The maximum atomic E-state index is 4.85. The normalized spacial score (nSPS) is 16.2. The van der Waals surface area contributed by atoms with Crippen LogP contribution in [0.2, 0.25) is 0 Å². The first-order valence-corrected chi connectivity index (χ1v) is 10.7. The van der Waals surface area contributed by atoms with Gasteiger partial charge in [0.2, 0.25) is 11.4 Å². The minimum atomic E-state index is 0. The van der Waals surface area contributed by atoms with Crippen LogP contribution in [-0.2, 0) is 6.42 Å². The Bertz CT molecular complexity index is 1340. The van der Waals surface area contributed by atoms with Gasteiger partial charge in [0.15, 0.2) is 0 Å². The van der Waals surface area contributed by atoms with E-state index in [0.717, 1.165) is 34.9 Å². The van der Waals surface area contributed by atoms with Crippen LogP contribution in [0.1, 0.15) is 28.4 Å². The van der Waals surface area contributed by atoms with Gasteiger partial charge in [-0.3, -0.25) is 4.99 Å². The summed E-state index contributed by atoms with van der Waals surface area (Å²) >= 11 is 0. The van der Waals surface area contributed by atoms with E-state index in [1.807, 2.05) is 6.07 Å². The molecule has 0 fully saturated rings. The molecule has 0 spiro atoms. The van der Waals surface area contributed by atoms with Crippen molar-refractivity contribution in [3.8, 4) is 5.69 Å². The molecule has 3 aromatic carbocycles. The minimum Gasteiger partial charge on any atom is -1.00 e. The van der Waals surface area contributed by atoms with E-state index in [1.165, 1.54) is 22.4 Å². The molecule has 5 heteroatoms. The zero-order chi connectivity index (χ0) is 20.8. The summed E-state index contributed by atoms with van der Waals surface area (Å²) in [6, 6.07) is 29.5. The summed E-state index contributed by atoms with van der Waals surface area (Å²) in [6.45, 7) is 2.15. The summed E-state index contributed by atoms with van der Waals surface area (Å²) in [5.41, 5.74) is 10.5. The molecule has 0 saturated carbocycles. The molecule has 158 valence electrons. The molecule has 1 aromatic heterocycles. The number of aryl methyl sites for hydroxylation is 1. The third-order valence-electron chi connectivity index (χ3n) is 6.25. The Kier molecular flexibility index (Phi) is 5.16. The number of anilines is 1. The SMILES string of the molecule is Cc1[nH][n+](-c2ccccc2)c2c1C1=C(C=Nc3ccccc3N1)C(c1ccccc1)C2.[Cl-].